The summed E-state index contributed by atoms with van der Waals surface area (Å²) in [7, 11) is 6.58. The molecular weight excluding hydrogens is 422 g/mol. The summed E-state index contributed by atoms with van der Waals surface area (Å²) in [6.45, 7) is 4.88. The SMILES string of the molecule is CCc1nc2ccc(C(=O)Nc3ccc(OC)c(OC)c3)cn2c1N(CC)CC(=O)N(C)C. The van der Waals surface area contributed by atoms with Gasteiger partial charge in [0.05, 0.1) is 32.0 Å². The van der Waals surface area contributed by atoms with Gasteiger partial charge in [0, 0.05) is 38.6 Å². The molecule has 2 aromatic heterocycles. The van der Waals surface area contributed by atoms with Crippen LogP contribution in [0.4, 0.5) is 11.5 Å². The number of benzene rings is 1. The lowest BCUT2D eigenvalue weighted by Gasteiger charge is -2.24. The van der Waals surface area contributed by atoms with Gasteiger partial charge in [-0.15, -0.1) is 0 Å². The number of rotatable bonds is 9. The van der Waals surface area contributed by atoms with Gasteiger partial charge in [0.1, 0.15) is 11.5 Å². The molecule has 3 aromatic rings. The highest BCUT2D eigenvalue weighted by molar-refractivity contribution is 6.04. The number of carbonyl (C=O) groups is 2. The van der Waals surface area contributed by atoms with Crippen molar-refractivity contribution in [3.8, 4) is 11.5 Å². The average Bonchev–Trinajstić information content (AvgIpc) is 3.19. The quantitative estimate of drug-likeness (QED) is 0.536. The summed E-state index contributed by atoms with van der Waals surface area (Å²) < 4.78 is 12.4. The van der Waals surface area contributed by atoms with Crippen LogP contribution in [0.3, 0.4) is 0 Å². The van der Waals surface area contributed by atoms with Gasteiger partial charge in [-0.2, -0.15) is 0 Å². The number of pyridine rings is 1. The van der Waals surface area contributed by atoms with E-state index in [1.165, 1.54) is 0 Å². The third-order valence-corrected chi connectivity index (χ3v) is 5.41. The Morgan fingerprint density at radius 1 is 1.06 bits per heavy atom. The van der Waals surface area contributed by atoms with Gasteiger partial charge >= 0.3 is 0 Å². The smallest absolute Gasteiger partial charge is 0.257 e. The zero-order chi connectivity index (χ0) is 24.1. The summed E-state index contributed by atoms with van der Waals surface area (Å²) in [5.74, 6) is 1.66. The van der Waals surface area contributed by atoms with E-state index in [0.29, 0.717) is 35.7 Å². The number of aromatic nitrogens is 2. The van der Waals surface area contributed by atoms with Gasteiger partial charge in [-0.05, 0) is 37.6 Å². The summed E-state index contributed by atoms with van der Waals surface area (Å²) in [5.41, 5.74) is 2.65. The third-order valence-electron chi connectivity index (χ3n) is 5.41. The van der Waals surface area contributed by atoms with Crippen molar-refractivity contribution in [1.29, 1.82) is 0 Å². The number of nitrogens with zero attached hydrogens (tertiary/aromatic N) is 4. The lowest BCUT2D eigenvalue weighted by molar-refractivity contribution is -0.127. The minimum atomic E-state index is -0.269. The number of hydrogen-bond acceptors (Lipinski definition) is 6. The average molecular weight is 454 g/mol. The highest BCUT2D eigenvalue weighted by Gasteiger charge is 2.21. The van der Waals surface area contributed by atoms with E-state index in [9.17, 15) is 9.59 Å². The van der Waals surface area contributed by atoms with Gasteiger partial charge in [-0.25, -0.2) is 4.98 Å². The first-order valence-corrected chi connectivity index (χ1v) is 10.8. The first-order chi connectivity index (χ1) is 15.8. The van der Waals surface area contributed by atoms with E-state index in [4.69, 9.17) is 14.5 Å². The second-order valence-electron chi connectivity index (χ2n) is 7.71. The molecule has 2 amide bonds. The molecule has 0 spiro atoms. The van der Waals surface area contributed by atoms with E-state index in [2.05, 4.69) is 5.32 Å². The van der Waals surface area contributed by atoms with Gasteiger partial charge in [0.15, 0.2) is 11.5 Å². The third kappa shape index (κ3) is 5.02. The topological polar surface area (TPSA) is 88.4 Å². The standard InChI is InChI=1S/C24H31N5O4/c1-7-18-24(28(8-2)15-22(30)27(3)4)29-14-16(9-12-21(29)26-18)23(31)25-17-10-11-19(32-5)20(13-17)33-6/h9-14H,7-8,15H2,1-6H3,(H,25,31). The number of nitrogens with one attached hydrogen (secondary N) is 1. The molecule has 0 atom stereocenters. The lowest BCUT2D eigenvalue weighted by Crippen LogP contribution is -2.37. The summed E-state index contributed by atoms with van der Waals surface area (Å²) in [5, 5.41) is 2.90. The summed E-state index contributed by atoms with van der Waals surface area (Å²) >= 11 is 0. The largest absolute Gasteiger partial charge is 0.493 e. The van der Waals surface area contributed by atoms with E-state index in [-0.39, 0.29) is 18.4 Å². The van der Waals surface area contributed by atoms with Crippen molar-refractivity contribution in [1.82, 2.24) is 14.3 Å². The summed E-state index contributed by atoms with van der Waals surface area (Å²) in [6.07, 6.45) is 2.46. The van der Waals surface area contributed by atoms with Crippen molar-refractivity contribution in [2.75, 3.05) is 51.6 Å². The molecule has 0 aliphatic heterocycles. The normalized spacial score (nSPS) is 10.7. The van der Waals surface area contributed by atoms with Crippen LogP contribution in [0.1, 0.15) is 29.9 Å². The van der Waals surface area contributed by atoms with Gasteiger partial charge < -0.3 is 24.6 Å². The number of fused-ring (bicyclic) bond motifs is 1. The van der Waals surface area contributed by atoms with Gasteiger partial charge in [0.2, 0.25) is 5.91 Å². The Morgan fingerprint density at radius 3 is 2.39 bits per heavy atom. The molecule has 9 heteroatoms. The number of carbonyl (C=O) groups excluding carboxylic acids is 2. The molecule has 0 bridgehead atoms. The Labute approximate surface area is 193 Å². The number of aryl methyl sites for hydroxylation is 1. The molecule has 0 saturated heterocycles. The maximum Gasteiger partial charge on any atom is 0.257 e. The Kier molecular flexibility index (Phi) is 7.42. The molecule has 176 valence electrons. The van der Waals surface area contributed by atoms with Crippen LogP contribution in [-0.4, -0.2) is 67.5 Å². The zero-order valence-corrected chi connectivity index (χ0v) is 20.0. The minimum absolute atomic E-state index is 0.00352. The van der Waals surface area contributed by atoms with Crippen LogP contribution in [0.15, 0.2) is 36.5 Å². The van der Waals surface area contributed by atoms with Crippen LogP contribution < -0.4 is 19.7 Å². The van der Waals surface area contributed by atoms with Crippen LogP contribution in [0.2, 0.25) is 0 Å². The molecule has 0 unspecified atom stereocenters. The van der Waals surface area contributed by atoms with Crippen LogP contribution in [0.5, 0.6) is 11.5 Å². The molecule has 9 nitrogen and oxygen atoms in total. The van der Waals surface area contributed by atoms with Crippen molar-refractivity contribution >= 4 is 29.0 Å². The number of hydrogen-bond donors (Lipinski definition) is 1. The summed E-state index contributed by atoms with van der Waals surface area (Å²) in [6, 6.07) is 8.75. The van der Waals surface area contributed by atoms with Crippen molar-refractivity contribution in [3.63, 3.8) is 0 Å². The van der Waals surface area contributed by atoms with Crippen LogP contribution >= 0.6 is 0 Å². The Bertz CT molecular complexity index is 1160. The number of likely N-dealkylation sites (N-methyl/N-ethyl adjacent to an activating group) is 2. The van der Waals surface area contributed by atoms with E-state index in [0.717, 1.165) is 17.2 Å². The van der Waals surface area contributed by atoms with Crippen LogP contribution in [-0.2, 0) is 11.2 Å². The van der Waals surface area contributed by atoms with E-state index in [1.807, 2.05) is 29.2 Å². The summed E-state index contributed by atoms with van der Waals surface area (Å²) in [4.78, 5) is 33.7. The maximum atomic E-state index is 13.0. The fourth-order valence-corrected chi connectivity index (χ4v) is 3.55. The minimum Gasteiger partial charge on any atom is -0.493 e. The molecule has 0 aliphatic rings. The Balaban J connectivity index is 1.96. The zero-order valence-electron chi connectivity index (χ0n) is 20.0. The molecule has 1 N–H and O–H groups in total. The fraction of sp³-hybridized carbons (Fsp3) is 0.375. The molecule has 2 heterocycles. The molecule has 0 fully saturated rings. The first kappa shape index (κ1) is 23.9. The van der Waals surface area contributed by atoms with Crippen molar-refractivity contribution < 1.29 is 19.1 Å². The maximum absolute atomic E-state index is 13.0. The van der Waals surface area contributed by atoms with E-state index >= 15 is 0 Å². The number of imidazole rings is 1. The van der Waals surface area contributed by atoms with Crippen molar-refractivity contribution in [3.05, 3.63) is 47.8 Å². The molecule has 33 heavy (non-hydrogen) atoms. The van der Waals surface area contributed by atoms with Crippen molar-refractivity contribution in [2.24, 2.45) is 0 Å². The second kappa shape index (κ2) is 10.2. The van der Waals surface area contributed by atoms with E-state index in [1.54, 1.807) is 63.7 Å². The number of amides is 2. The predicted octanol–water partition coefficient (Wildman–Crippen LogP) is 3.08. The fourth-order valence-electron chi connectivity index (χ4n) is 3.55. The van der Waals surface area contributed by atoms with Crippen LogP contribution in [0.25, 0.3) is 5.65 Å². The Hall–Kier alpha value is -3.75. The van der Waals surface area contributed by atoms with Gasteiger partial charge in [-0.1, -0.05) is 6.92 Å². The molecule has 0 saturated carbocycles. The monoisotopic (exact) mass is 453 g/mol. The molecule has 0 radical (unpaired) electrons. The van der Waals surface area contributed by atoms with Crippen LogP contribution in [0, 0.1) is 0 Å². The Morgan fingerprint density at radius 2 is 1.79 bits per heavy atom. The molecular formula is C24H31N5O4. The highest BCUT2D eigenvalue weighted by Crippen LogP contribution is 2.30. The molecule has 0 aliphatic carbocycles. The molecule has 1 aromatic carbocycles. The molecule has 3 rings (SSSR count). The lowest BCUT2D eigenvalue weighted by atomic mass is 10.2. The van der Waals surface area contributed by atoms with E-state index < -0.39 is 0 Å². The number of methoxy groups -OCH3 is 2. The van der Waals surface area contributed by atoms with Crippen molar-refractivity contribution in [2.45, 2.75) is 20.3 Å². The first-order valence-electron chi connectivity index (χ1n) is 10.8. The number of ether oxygens (including phenoxy) is 2. The van der Waals surface area contributed by atoms with Gasteiger partial charge in [0.25, 0.3) is 5.91 Å². The second-order valence-corrected chi connectivity index (χ2v) is 7.71. The predicted molar refractivity (Wildman–Crippen MR) is 129 cm³/mol. The highest BCUT2D eigenvalue weighted by atomic mass is 16.5. The van der Waals surface area contributed by atoms with Gasteiger partial charge in [-0.3, -0.25) is 14.0 Å². The number of anilines is 2.